The molecule has 0 fully saturated rings. The fraction of sp³-hybridized carbons (Fsp3) is 0.429. The number of aromatic carboxylic acids is 1. The average Bonchev–Trinajstić information content (AvgIpc) is 2.30. The minimum Gasteiger partial charge on any atom is -0.507 e. The van der Waals surface area contributed by atoms with E-state index in [4.69, 9.17) is 10.8 Å². The lowest BCUT2D eigenvalue weighted by atomic mass is 9.96. The highest BCUT2D eigenvalue weighted by molar-refractivity contribution is 5.92. The number of carboxylic acid groups (broad SMARTS) is 1. The number of aromatic hydroxyl groups is 1. The number of nitrogens with two attached hydrogens (primary N) is 1. The van der Waals surface area contributed by atoms with Crippen LogP contribution in [0.1, 0.15) is 36.2 Å². The Morgan fingerprint density at radius 1 is 1.32 bits per heavy atom. The van der Waals surface area contributed by atoms with Gasteiger partial charge in [0.05, 0.1) is 6.04 Å². The molecule has 1 rings (SSSR count). The normalized spacial score (nSPS) is 12.4. The van der Waals surface area contributed by atoms with Gasteiger partial charge in [0.15, 0.2) is 5.78 Å². The van der Waals surface area contributed by atoms with Gasteiger partial charge in [0, 0.05) is 6.42 Å². The summed E-state index contributed by atoms with van der Waals surface area (Å²) in [5.41, 5.74) is 6.11. The third-order valence-electron chi connectivity index (χ3n) is 2.81. The molecule has 0 amide bonds. The molecule has 0 aromatic heterocycles. The fourth-order valence-corrected chi connectivity index (χ4v) is 1.84. The zero-order valence-electron chi connectivity index (χ0n) is 11.1. The Hall–Kier alpha value is -1.88. The lowest BCUT2D eigenvalue weighted by Crippen LogP contribution is -2.33. The molecular weight excluding hydrogens is 246 g/mol. The minimum atomic E-state index is -1.22. The second kappa shape index (κ2) is 6.33. The number of ketones is 1. The van der Waals surface area contributed by atoms with Crippen molar-refractivity contribution in [2.75, 3.05) is 0 Å². The van der Waals surface area contributed by atoms with E-state index in [1.807, 2.05) is 13.8 Å². The number of carbonyl (C=O) groups is 2. The van der Waals surface area contributed by atoms with Crippen LogP contribution in [0.25, 0.3) is 0 Å². The molecule has 19 heavy (non-hydrogen) atoms. The van der Waals surface area contributed by atoms with Crippen LogP contribution in [0.2, 0.25) is 0 Å². The average molecular weight is 265 g/mol. The van der Waals surface area contributed by atoms with Crippen molar-refractivity contribution in [2.45, 2.75) is 32.7 Å². The van der Waals surface area contributed by atoms with Gasteiger partial charge in [-0.25, -0.2) is 4.79 Å². The Morgan fingerprint density at radius 3 is 2.47 bits per heavy atom. The van der Waals surface area contributed by atoms with Gasteiger partial charge in [-0.15, -0.1) is 0 Å². The van der Waals surface area contributed by atoms with Crippen molar-refractivity contribution in [3.8, 4) is 5.75 Å². The molecule has 0 radical (unpaired) electrons. The lowest BCUT2D eigenvalue weighted by molar-refractivity contribution is -0.120. The van der Waals surface area contributed by atoms with Crippen molar-refractivity contribution in [1.29, 1.82) is 0 Å². The van der Waals surface area contributed by atoms with Gasteiger partial charge in [-0.3, -0.25) is 4.79 Å². The number of rotatable bonds is 6. The summed E-state index contributed by atoms with van der Waals surface area (Å²) in [5.74, 6) is -1.34. The zero-order valence-corrected chi connectivity index (χ0v) is 11.1. The van der Waals surface area contributed by atoms with E-state index < -0.39 is 12.0 Å². The number of carboxylic acids is 1. The van der Waals surface area contributed by atoms with Crippen LogP contribution in [0.4, 0.5) is 0 Å². The number of phenols is 1. The second-order valence-electron chi connectivity index (χ2n) is 5.04. The first-order valence-corrected chi connectivity index (χ1v) is 6.14. The van der Waals surface area contributed by atoms with Gasteiger partial charge in [-0.2, -0.15) is 0 Å². The van der Waals surface area contributed by atoms with Crippen molar-refractivity contribution in [3.63, 3.8) is 0 Å². The summed E-state index contributed by atoms with van der Waals surface area (Å²) in [5, 5.41) is 18.3. The van der Waals surface area contributed by atoms with Crippen molar-refractivity contribution in [2.24, 2.45) is 11.7 Å². The highest BCUT2D eigenvalue weighted by Crippen LogP contribution is 2.19. The highest BCUT2D eigenvalue weighted by Gasteiger charge is 2.17. The molecular formula is C14H19NO4. The van der Waals surface area contributed by atoms with Crippen LogP contribution in [-0.2, 0) is 11.2 Å². The summed E-state index contributed by atoms with van der Waals surface area (Å²) in [6, 6.07) is 3.57. The first-order valence-electron chi connectivity index (χ1n) is 6.14. The summed E-state index contributed by atoms with van der Waals surface area (Å²) < 4.78 is 0. The SMILES string of the molecule is CC(C)CC(N)C(=O)Cc1ccc(O)c(C(=O)O)c1. The molecule has 0 aliphatic rings. The van der Waals surface area contributed by atoms with Gasteiger partial charge in [-0.1, -0.05) is 19.9 Å². The highest BCUT2D eigenvalue weighted by atomic mass is 16.4. The lowest BCUT2D eigenvalue weighted by Gasteiger charge is -2.13. The number of hydrogen-bond donors (Lipinski definition) is 3. The van der Waals surface area contributed by atoms with Crippen LogP contribution in [0, 0.1) is 5.92 Å². The van der Waals surface area contributed by atoms with Crippen molar-refractivity contribution in [1.82, 2.24) is 0 Å². The third-order valence-corrected chi connectivity index (χ3v) is 2.81. The van der Waals surface area contributed by atoms with E-state index in [9.17, 15) is 14.7 Å². The van der Waals surface area contributed by atoms with Gasteiger partial charge < -0.3 is 15.9 Å². The summed E-state index contributed by atoms with van der Waals surface area (Å²) in [4.78, 5) is 22.7. The summed E-state index contributed by atoms with van der Waals surface area (Å²) >= 11 is 0. The molecule has 0 aliphatic heterocycles. The van der Waals surface area contributed by atoms with Crippen LogP contribution in [0.15, 0.2) is 18.2 Å². The first kappa shape index (κ1) is 15.2. The third kappa shape index (κ3) is 4.37. The Labute approximate surface area is 112 Å². The van der Waals surface area contributed by atoms with E-state index in [2.05, 4.69) is 0 Å². The fourth-order valence-electron chi connectivity index (χ4n) is 1.84. The maximum atomic E-state index is 11.9. The molecule has 0 aliphatic carbocycles. The van der Waals surface area contributed by atoms with Crippen LogP contribution in [0.3, 0.4) is 0 Å². The van der Waals surface area contributed by atoms with E-state index >= 15 is 0 Å². The van der Waals surface area contributed by atoms with E-state index in [-0.39, 0.29) is 23.5 Å². The molecule has 1 atom stereocenters. The number of benzene rings is 1. The first-order chi connectivity index (χ1) is 8.81. The standard InChI is InChI=1S/C14H19NO4/c1-8(2)5-11(15)13(17)7-9-3-4-12(16)10(6-9)14(18)19/h3-4,6,8,11,16H,5,7,15H2,1-2H3,(H,18,19). The van der Waals surface area contributed by atoms with Crippen LogP contribution < -0.4 is 5.73 Å². The zero-order chi connectivity index (χ0) is 14.6. The Balaban J connectivity index is 2.80. The summed E-state index contributed by atoms with van der Waals surface area (Å²) in [7, 11) is 0. The largest absolute Gasteiger partial charge is 0.507 e. The van der Waals surface area contributed by atoms with E-state index in [0.29, 0.717) is 17.9 Å². The molecule has 104 valence electrons. The van der Waals surface area contributed by atoms with Crippen molar-refractivity contribution in [3.05, 3.63) is 29.3 Å². The van der Waals surface area contributed by atoms with Crippen molar-refractivity contribution < 1.29 is 19.8 Å². The monoisotopic (exact) mass is 265 g/mol. The number of Topliss-reactive ketones (excluding diaryl/α,β-unsaturated/α-hetero) is 1. The van der Waals surface area contributed by atoms with Gasteiger partial charge in [0.2, 0.25) is 0 Å². The maximum absolute atomic E-state index is 11.9. The van der Waals surface area contributed by atoms with E-state index in [1.165, 1.54) is 18.2 Å². The molecule has 5 nitrogen and oxygen atoms in total. The minimum absolute atomic E-state index is 0.0778. The second-order valence-corrected chi connectivity index (χ2v) is 5.04. The molecule has 0 spiro atoms. The predicted octanol–water partition coefficient (Wildman–Crippen LogP) is 1.58. The van der Waals surface area contributed by atoms with Crippen LogP contribution in [0.5, 0.6) is 5.75 Å². The number of carbonyl (C=O) groups excluding carboxylic acids is 1. The predicted molar refractivity (Wildman–Crippen MR) is 71.2 cm³/mol. The van der Waals surface area contributed by atoms with Crippen LogP contribution >= 0.6 is 0 Å². The molecule has 0 saturated heterocycles. The summed E-state index contributed by atoms with van der Waals surface area (Å²) in [6.45, 7) is 3.96. The molecule has 5 heteroatoms. The molecule has 0 bridgehead atoms. The van der Waals surface area contributed by atoms with Crippen LogP contribution in [-0.4, -0.2) is 28.0 Å². The van der Waals surface area contributed by atoms with E-state index in [0.717, 1.165) is 0 Å². The Kier molecular flexibility index (Phi) is 5.06. The van der Waals surface area contributed by atoms with Gasteiger partial charge >= 0.3 is 5.97 Å². The van der Waals surface area contributed by atoms with Gasteiger partial charge in [-0.05, 0) is 30.0 Å². The Bertz CT molecular complexity index is 482. The topological polar surface area (TPSA) is 101 Å². The molecule has 0 saturated carbocycles. The van der Waals surface area contributed by atoms with Gasteiger partial charge in [0.25, 0.3) is 0 Å². The molecule has 1 aromatic rings. The summed E-state index contributed by atoms with van der Waals surface area (Å²) in [6.07, 6.45) is 0.678. The maximum Gasteiger partial charge on any atom is 0.339 e. The number of hydrogen-bond acceptors (Lipinski definition) is 4. The molecule has 1 aromatic carbocycles. The van der Waals surface area contributed by atoms with E-state index in [1.54, 1.807) is 0 Å². The quantitative estimate of drug-likeness (QED) is 0.725. The molecule has 0 heterocycles. The Morgan fingerprint density at radius 2 is 1.95 bits per heavy atom. The molecule has 1 unspecified atom stereocenters. The van der Waals surface area contributed by atoms with Crippen molar-refractivity contribution >= 4 is 11.8 Å². The molecule has 4 N–H and O–H groups in total. The smallest absolute Gasteiger partial charge is 0.339 e. The van der Waals surface area contributed by atoms with Gasteiger partial charge in [0.1, 0.15) is 11.3 Å².